The number of carbonyl (C=O) groups excluding carboxylic acids is 2. The highest BCUT2D eigenvalue weighted by Crippen LogP contribution is 2.29. The maximum absolute atomic E-state index is 12.3. The smallest absolute Gasteiger partial charge is 0.375 e. The van der Waals surface area contributed by atoms with Gasteiger partial charge in [0.1, 0.15) is 11.3 Å². The number of benzene rings is 1. The average molecular weight is 331 g/mol. The van der Waals surface area contributed by atoms with E-state index in [0.717, 1.165) is 5.39 Å². The van der Waals surface area contributed by atoms with Crippen molar-refractivity contribution in [2.45, 2.75) is 26.9 Å². The molecule has 128 valence electrons. The van der Waals surface area contributed by atoms with E-state index in [0.29, 0.717) is 30.0 Å². The summed E-state index contributed by atoms with van der Waals surface area (Å²) in [5, 5.41) is 3.34. The number of ether oxygens (including phenoxy) is 2. The minimum atomic E-state index is -0.927. The number of hydrogen-bond acceptors (Lipinski definition) is 5. The van der Waals surface area contributed by atoms with Gasteiger partial charge in [0.2, 0.25) is 5.76 Å². The maximum Gasteiger partial charge on any atom is 0.375 e. The third-order valence-corrected chi connectivity index (χ3v) is 3.48. The summed E-state index contributed by atoms with van der Waals surface area (Å²) >= 11 is 0. The van der Waals surface area contributed by atoms with Gasteiger partial charge < -0.3 is 19.2 Å². The van der Waals surface area contributed by atoms with Crippen LogP contribution in [0.15, 0.2) is 35.3 Å². The fourth-order valence-corrected chi connectivity index (χ4v) is 2.24. The lowest BCUT2D eigenvalue weighted by molar-refractivity contribution is -0.128. The van der Waals surface area contributed by atoms with Crippen LogP contribution in [0.25, 0.3) is 11.0 Å². The van der Waals surface area contributed by atoms with Gasteiger partial charge in [0, 0.05) is 17.5 Å². The third kappa shape index (κ3) is 3.76. The molecule has 0 radical (unpaired) electrons. The van der Waals surface area contributed by atoms with Crippen LogP contribution in [0.5, 0.6) is 5.75 Å². The van der Waals surface area contributed by atoms with Crippen LogP contribution in [0.3, 0.4) is 0 Å². The van der Waals surface area contributed by atoms with E-state index < -0.39 is 18.0 Å². The zero-order valence-corrected chi connectivity index (χ0v) is 14.0. The number of esters is 1. The molecule has 0 spiro atoms. The van der Waals surface area contributed by atoms with Gasteiger partial charge in [-0.05, 0) is 39.0 Å². The molecule has 1 N–H and O–H groups in total. The lowest BCUT2D eigenvalue weighted by atomic mass is 10.1. The fourth-order valence-electron chi connectivity index (χ4n) is 2.24. The second-order valence-electron chi connectivity index (χ2n) is 5.23. The molecule has 0 fully saturated rings. The van der Waals surface area contributed by atoms with Gasteiger partial charge in [-0.3, -0.25) is 4.79 Å². The van der Waals surface area contributed by atoms with Crippen molar-refractivity contribution in [2.75, 3.05) is 13.2 Å². The van der Waals surface area contributed by atoms with Gasteiger partial charge in [0.25, 0.3) is 5.91 Å². The Balaban J connectivity index is 2.18. The Labute approximate surface area is 140 Å². The second-order valence-corrected chi connectivity index (χ2v) is 5.23. The Morgan fingerprint density at radius 1 is 1.42 bits per heavy atom. The molecule has 2 rings (SSSR count). The van der Waals surface area contributed by atoms with Gasteiger partial charge in [-0.2, -0.15) is 0 Å². The molecule has 1 atom stereocenters. The monoisotopic (exact) mass is 331 g/mol. The van der Waals surface area contributed by atoms with E-state index in [2.05, 4.69) is 11.9 Å². The molecule has 1 amide bonds. The quantitative estimate of drug-likeness (QED) is 0.623. The van der Waals surface area contributed by atoms with Crippen LogP contribution in [0.2, 0.25) is 0 Å². The van der Waals surface area contributed by atoms with E-state index in [-0.39, 0.29) is 5.76 Å². The van der Waals surface area contributed by atoms with Crippen molar-refractivity contribution in [3.05, 3.63) is 42.2 Å². The Hall–Kier alpha value is -2.76. The standard InChI is InChI=1S/C18H21NO5/c1-5-9-19-17(20)12(4)23-18(21)16-11(3)14-10-13(22-6-2)7-8-15(14)24-16/h5,7-8,10,12H,1,6,9H2,2-4H3,(H,19,20)/t12-/m0/s1. The minimum Gasteiger partial charge on any atom is -0.494 e. The summed E-state index contributed by atoms with van der Waals surface area (Å²) in [6, 6.07) is 5.33. The first-order valence-corrected chi connectivity index (χ1v) is 7.73. The number of aryl methyl sites for hydroxylation is 1. The zero-order valence-electron chi connectivity index (χ0n) is 14.0. The predicted molar refractivity (Wildman–Crippen MR) is 90.2 cm³/mol. The molecule has 1 aromatic carbocycles. The summed E-state index contributed by atoms with van der Waals surface area (Å²) in [5.74, 6) is -0.286. The first-order valence-electron chi connectivity index (χ1n) is 7.73. The summed E-state index contributed by atoms with van der Waals surface area (Å²) in [6.07, 6.45) is 0.621. The van der Waals surface area contributed by atoms with Crippen LogP contribution < -0.4 is 10.1 Å². The molecule has 2 aromatic rings. The van der Waals surface area contributed by atoms with Crippen molar-refractivity contribution >= 4 is 22.8 Å². The van der Waals surface area contributed by atoms with Crippen LogP contribution in [0.4, 0.5) is 0 Å². The van der Waals surface area contributed by atoms with Crippen LogP contribution in [-0.4, -0.2) is 31.1 Å². The Morgan fingerprint density at radius 2 is 2.17 bits per heavy atom. The molecule has 24 heavy (non-hydrogen) atoms. The van der Waals surface area contributed by atoms with Crippen molar-refractivity contribution < 1.29 is 23.5 Å². The predicted octanol–water partition coefficient (Wildman–Crippen LogP) is 2.99. The molecular weight excluding hydrogens is 310 g/mol. The number of hydrogen-bond donors (Lipinski definition) is 1. The highest BCUT2D eigenvalue weighted by Gasteiger charge is 2.24. The molecular formula is C18H21NO5. The van der Waals surface area contributed by atoms with Crippen molar-refractivity contribution in [2.24, 2.45) is 0 Å². The molecule has 0 aliphatic rings. The average Bonchev–Trinajstić information content (AvgIpc) is 2.89. The van der Waals surface area contributed by atoms with E-state index in [1.165, 1.54) is 6.92 Å². The van der Waals surface area contributed by atoms with Crippen LogP contribution in [0.1, 0.15) is 30.0 Å². The van der Waals surface area contributed by atoms with Gasteiger partial charge in [-0.15, -0.1) is 6.58 Å². The van der Waals surface area contributed by atoms with Crippen LogP contribution in [-0.2, 0) is 9.53 Å². The minimum absolute atomic E-state index is 0.0852. The van der Waals surface area contributed by atoms with Crippen LogP contribution in [0, 0.1) is 6.92 Å². The largest absolute Gasteiger partial charge is 0.494 e. The van der Waals surface area contributed by atoms with Crippen molar-refractivity contribution in [1.82, 2.24) is 5.32 Å². The van der Waals surface area contributed by atoms with E-state index in [1.54, 1.807) is 25.1 Å². The molecule has 0 unspecified atom stereocenters. The first kappa shape index (κ1) is 17.6. The molecule has 1 aromatic heterocycles. The van der Waals surface area contributed by atoms with E-state index in [9.17, 15) is 9.59 Å². The molecule has 6 heteroatoms. The zero-order chi connectivity index (χ0) is 17.7. The lowest BCUT2D eigenvalue weighted by Gasteiger charge is -2.11. The van der Waals surface area contributed by atoms with Gasteiger partial charge in [-0.25, -0.2) is 4.79 Å². The van der Waals surface area contributed by atoms with Crippen molar-refractivity contribution in [3.63, 3.8) is 0 Å². The highest BCUT2D eigenvalue weighted by molar-refractivity contribution is 5.97. The number of fused-ring (bicyclic) bond motifs is 1. The molecule has 0 bridgehead atoms. The molecule has 1 heterocycles. The molecule has 0 aliphatic carbocycles. The number of rotatable bonds is 7. The molecule has 0 aliphatic heterocycles. The Morgan fingerprint density at radius 3 is 2.83 bits per heavy atom. The summed E-state index contributed by atoms with van der Waals surface area (Å²) in [6.45, 7) is 9.53. The summed E-state index contributed by atoms with van der Waals surface area (Å²) < 4.78 is 16.2. The molecule has 0 saturated heterocycles. The summed E-state index contributed by atoms with van der Waals surface area (Å²) in [7, 11) is 0. The van der Waals surface area contributed by atoms with Gasteiger partial charge >= 0.3 is 5.97 Å². The third-order valence-electron chi connectivity index (χ3n) is 3.48. The topological polar surface area (TPSA) is 77.8 Å². The number of amides is 1. The van der Waals surface area contributed by atoms with E-state index in [4.69, 9.17) is 13.9 Å². The molecule has 0 saturated carbocycles. The molecule has 6 nitrogen and oxygen atoms in total. The Kier molecular flexibility index (Phi) is 5.63. The van der Waals surface area contributed by atoms with Crippen LogP contribution >= 0.6 is 0 Å². The normalized spacial score (nSPS) is 11.8. The van der Waals surface area contributed by atoms with E-state index in [1.807, 2.05) is 13.0 Å². The number of furan rings is 1. The maximum atomic E-state index is 12.3. The number of nitrogens with one attached hydrogen (secondary N) is 1. The fraction of sp³-hybridized carbons (Fsp3) is 0.333. The van der Waals surface area contributed by atoms with Gasteiger partial charge in [-0.1, -0.05) is 6.08 Å². The van der Waals surface area contributed by atoms with E-state index >= 15 is 0 Å². The first-order chi connectivity index (χ1) is 11.5. The second kappa shape index (κ2) is 7.68. The van der Waals surface area contributed by atoms with Gasteiger partial charge in [0.15, 0.2) is 6.10 Å². The summed E-state index contributed by atoms with van der Waals surface area (Å²) in [4.78, 5) is 24.0. The lowest BCUT2D eigenvalue weighted by Crippen LogP contribution is -2.35. The van der Waals surface area contributed by atoms with Crippen molar-refractivity contribution in [3.8, 4) is 5.75 Å². The van der Waals surface area contributed by atoms with Crippen molar-refractivity contribution in [1.29, 1.82) is 0 Å². The SMILES string of the molecule is C=CCNC(=O)[C@H](C)OC(=O)c1oc2ccc(OCC)cc2c1C. The van der Waals surface area contributed by atoms with Gasteiger partial charge in [0.05, 0.1) is 6.61 Å². The number of carbonyl (C=O) groups is 2. The highest BCUT2D eigenvalue weighted by atomic mass is 16.6. The Bertz CT molecular complexity index is 762. The summed E-state index contributed by atoms with van der Waals surface area (Å²) in [5.41, 5.74) is 1.21.